The van der Waals surface area contributed by atoms with Gasteiger partial charge in [-0.3, -0.25) is 30.1 Å². The number of non-ortho nitro benzene ring substituents is 2. The van der Waals surface area contributed by atoms with Crippen LogP contribution in [0.15, 0.2) is 59.8 Å². The van der Waals surface area contributed by atoms with E-state index in [9.17, 15) is 25.0 Å². The number of carbonyl (C=O) groups is 1. The highest BCUT2D eigenvalue weighted by Crippen LogP contribution is 2.23. The van der Waals surface area contributed by atoms with E-state index in [2.05, 4.69) is 20.7 Å². The lowest BCUT2D eigenvalue weighted by Gasteiger charge is -2.01. The van der Waals surface area contributed by atoms with Crippen molar-refractivity contribution in [2.45, 2.75) is 0 Å². The first-order valence-corrected chi connectivity index (χ1v) is 7.82. The van der Waals surface area contributed by atoms with Crippen LogP contribution in [-0.4, -0.2) is 32.2 Å². The molecule has 11 heteroatoms. The summed E-state index contributed by atoms with van der Waals surface area (Å²) in [4.78, 5) is 32.4. The second kappa shape index (κ2) is 7.86. The number of aromatic amines is 1. The van der Waals surface area contributed by atoms with E-state index in [0.717, 1.165) is 23.8 Å². The van der Waals surface area contributed by atoms with Gasteiger partial charge in [-0.1, -0.05) is 30.3 Å². The summed E-state index contributed by atoms with van der Waals surface area (Å²) >= 11 is 0. The Morgan fingerprint density at radius 1 is 1.07 bits per heavy atom. The van der Waals surface area contributed by atoms with E-state index >= 15 is 0 Å². The van der Waals surface area contributed by atoms with Gasteiger partial charge in [0.15, 0.2) is 0 Å². The second-order valence-electron chi connectivity index (χ2n) is 5.52. The molecule has 0 aliphatic heterocycles. The van der Waals surface area contributed by atoms with Crippen molar-refractivity contribution in [3.63, 3.8) is 0 Å². The predicted molar refractivity (Wildman–Crippen MR) is 98.8 cm³/mol. The monoisotopic (exact) mass is 380 g/mol. The molecular weight excluding hydrogens is 368 g/mol. The summed E-state index contributed by atoms with van der Waals surface area (Å²) in [5.74, 6) is -0.826. The van der Waals surface area contributed by atoms with E-state index in [4.69, 9.17) is 0 Å². The van der Waals surface area contributed by atoms with Crippen LogP contribution >= 0.6 is 0 Å². The molecule has 0 fully saturated rings. The van der Waals surface area contributed by atoms with Gasteiger partial charge in [0.05, 0.1) is 39.6 Å². The number of aromatic nitrogens is 2. The van der Waals surface area contributed by atoms with E-state index in [0.29, 0.717) is 11.3 Å². The molecule has 2 aromatic carbocycles. The van der Waals surface area contributed by atoms with E-state index in [1.165, 1.54) is 12.4 Å². The topological polar surface area (TPSA) is 156 Å². The second-order valence-corrected chi connectivity index (χ2v) is 5.52. The lowest BCUT2D eigenvalue weighted by molar-refractivity contribution is -0.394. The van der Waals surface area contributed by atoms with Crippen molar-refractivity contribution in [1.82, 2.24) is 15.6 Å². The Hall–Kier alpha value is -4.41. The lowest BCUT2D eigenvalue weighted by atomic mass is 10.1. The Labute approximate surface area is 157 Å². The molecule has 0 atom stereocenters. The third-order valence-corrected chi connectivity index (χ3v) is 3.69. The molecule has 0 bridgehead atoms. The maximum Gasteiger partial charge on any atom is 0.277 e. The van der Waals surface area contributed by atoms with Crippen LogP contribution in [0.1, 0.15) is 15.9 Å². The average molecular weight is 380 g/mol. The Balaban J connectivity index is 1.79. The minimum atomic E-state index is -0.826. The van der Waals surface area contributed by atoms with Gasteiger partial charge in [0, 0.05) is 23.3 Å². The molecule has 3 rings (SSSR count). The number of benzene rings is 2. The molecule has 0 aliphatic carbocycles. The highest BCUT2D eigenvalue weighted by molar-refractivity contribution is 5.96. The van der Waals surface area contributed by atoms with E-state index < -0.39 is 27.1 Å². The molecule has 140 valence electrons. The largest absolute Gasteiger partial charge is 0.277 e. The molecule has 1 amide bonds. The summed E-state index contributed by atoms with van der Waals surface area (Å²) in [5.41, 5.74) is 2.95. The van der Waals surface area contributed by atoms with Crippen LogP contribution in [0.3, 0.4) is 0 Å². The molecule has 2 N–H and O–H groups in total. The summed E-state index contributed by atoms with van der Waals surface area (Å²) in [6.07, 6.45) is 2.85. The van der Waals surface area contributed by atoms with Crippen LogP contribution in [0.4, 0.5) is 11.4 Å². The zero-order chi connectivity index (χ0) is 20.1. The van der Waals surface area contributed by atoms with Crippen LogP contribution < -0.4 is 5.43 Å². The lowest BCUT2D eigenvalue weighted by Crippen LogP contribution is -2.18. The van der Waals surface area contributed by atoms with Crippen molar-refractivity contribution in [1.29, 1.82) is 0 Å². The molecule has 0 saturated heterocycles. The van der Waals surface area contributed by atoms with Gasteiger partial charge in [-0.05, 0) is 0 Å². The molecule has 0 spiro atoms. The Morgan fingerprint density at radius 3 is 2.32 bits per heavy atom. The van der Waals surface area contributed by atoms with Crippen molar-refractivity contribution < 1.29 is 14.6 Å². The van der Waals surface area contributed by atoms with Gasteiger partial charge < -0.3 is 0 Å². The summed E-state index contributed by atoms with van der Waals surface area (Å²) in [7, 11) is 0. The van der Waals surface area contributed by atoms with Crippen LogP contribution in [0.5, 0.6) is 0 Å². The van der Waals surface area contributed by atoms with E-state index in [1.54, 1.807) is 0 Å². The molecule has 0 unspecified atom stereocenters. The fourth-order valence-corrected chi connectivity index (χ4v) is 2.39. The summed E-state index contributed by atoms with van der Waals surface area (Å²) in [6.45, 7) is 0. The van der Waals surface area contributed by atoms with E-state index in [-0.39, 0.29) is 5.56 Å². The van der Waals surface area contributed by atoms with Crippen molar-refractivity contribution in [2.24, 2.45) is 5.10 Å². The highest BCUT2D eigenvalue weighted by Gasteiger charge is 2.19. The molecule has 0 saturated carbocycles. The van der Waals surface area contributed by atoms with Gasteiger partial charge >= 0.3 is 0 Å². The van der Waals surface area contributed by atoms with E-state index in [1.807, 2.05) is 30.3 Å². The number of rotatable bonds is 6. The number of hydrogen-bond donors (Lipinski definition) is 2. The summed E-state index contributed by atoms with van der Waals surface area (Å²) in [5, 5.41) is 32.4. The number of nitro benzene ring substituents is 2. The van der Waals surface area contributed by atoms with Crippen LogP contribution in [-0.2, 0) is 0 Å². The van der Waals surface area contributed by atoms with Gasteiger partial charge in [-0.15, -0.1) is 0 Å². The molecule has 1 aromatic heterocycles. The number of amides is 1. The Bertz CT molecular complexity index is 1040. The SMILES string of the molecule is O=C(NN=Cc1cn[nH]c1-c1ccccc1)c1cc([N+](=O)[O-])cc([N+](=O)[O-])c1. The Morgan fingerprint density at radius 2 is 1.71 bits per heavy atom. The smallest absolute Gasteiger partial charge is 0.277 e. The van der Waals surface area contributed by atoms with Gasteiger partial charge in [-0.2, -0.15) is 10.2 Å². The molecule has 0 aliphatic rings. The highest BCUT2D eigenvalue weighted by atomic mass is 16.6. The van der Waals surface area contributed by atoms with Gasteiger partial charge in [0.2, 0.25) is 0 Å². The maximum absolute atomic E-state index is 12.2. The van der Waals surface area contributed by atoms with Gasteiger partial charge in [0.25, 0.3) is 17.3 Å². The number of hydrazone groups is 1. The third kappa shape index (κ3) is 4.04. The molecule has 1 heterocycles. The average Bonchev–Trinajstić information content (AvgIpc) is 3.16. The summed E-state index contributed by atoms with van der Waals surface area (Å²) in [6, 6.07) is 12.0. The fraction of sp³-hybridized carbons (Fsp3) is 0. The van der Waals surface area contributed by atoms with Crippen molar-refractivity contribution in [2.75, 3.05) is 0 Å². The number of carbonyl (C=O) groups excluding carboxylic acids is 1. The number of hydrogen-bond acceptors (Lipinski definition) is 7. The van der Waals surface area contributed by atoms with Gasteiger partial charge in [0.1, 0.15) is 0 Å². The van der Waals surface area contributed by atoms with Crippen molar-refractivity contribution in [3.8, 4) is 11.3 Å². The Kier molecular flexibility index (Phi) is 5.16. The van der Waals surface area contributed by atoms with Crippen LogP contribution in [0.2, 0.25) is 0 Å². The first-order chi connectivity index (χ1) is 13.5. The van der Waals surface area contributed by atoms with Crippen molar-refractivity contribution in [3.05, 3.63) is 86.1 Å². The van der Waals surface area contributed by atoms with Crippen LogP contribution in [0.25, 0.3) is 11.3 Å². The zero-order valence-electron chi connectivity index (χ0n) is 14.1. The minimum absolute atomic E-state index is 0.256. The number of nitrogens with one attached hydrogen (secondary N) is 2. The molecule has 11 nitrogen and oxygen atoms in total. The standard InChI is InChI=1S/C17H12N6O5/c24-17(12-6-14(22(25)26)8-15(7-12)23(27)28)21-19-10-13-9-18-20-16(13)11-4-2-1-3-5-11/h1-10H,(H,18,20)(H,21,24). The molecular formula is C17H12N6O5. The fourth-order valence-electron chi connectivity index (χ4n) is 2.39. The van der Waals surface area contributed by atoms with Gasteiger partial charge in [-0.25, -0.2) is 5.43 Å². The predicted octanol–water partition coefficient (Wildman–Crippen LogP) is 2.66. The third-order valence-electron chi connectivity index (χ3n) is 3.69. The molecule has 28 heavy (non-hydrogen) atoms. The zero-order valence-corrected chi connectivity index (χ0v) is 14.1. The number of H-pyrrole nitrogens is 1. The molecule has 0 radical (unpaired) electrons. The quantitative estimate of drug-likeness (QED) is 0.380. The molecule has 3 aromatic rings. The van der Waals surface area contributed by atoms with Crippen LogP contribution in [0, 0.1) is 20.2 Å². The van der Waals surface area contributed by atoms with Crippen molar-refractivity contribution >= 4 is 23.5 Å². The number of nitrogens with zero attached hydrogens (tertiary/aromatic N) is 4. The first kappa shape index (κ1) is 18.4. The number of nitro groups is 2. The maximum atomic E-state index is 12.2. The normalized spacial score (nSPS) is 10.7. The first-order valence-electron chi connectivity index (χ1n) is 7.82. The summed E-state index contributed by atoms with van der Waals surface area (Å²) < 4.78 is 0. The minimum Gasteiger partial charge on any atom is -0.277 e.